The van der Waals surface area contributed by atoms with E-state index in [1.807, 2.05) is 6.08 Å². The summed E-state index contributed by atoms with van der Waals surface area (Å²) in [5.74, 6) is 0. The molecule has 0 N–H and O–H groups in total. The molecule has 1 saturated carbocycles. The summed E-state index contributed by atoms with van der Waals surface area (Å²) in [6, 6.07) is 0. The second kappa shape index (κ2) is 2.02. The van der Waals surface area contributed by atoms with Gasteiger partial charge in [0.05, 0.1) is 0 Å². The van der Waals surface area contributed by atoms with Gasteiger partial charge >= 0.3 is 0 Å². The zero-order valence-electron chi connectivity index (χ0n) is 6.11. The highest BCUT2D eigenvalue weighted by Gasteiger charge is 2.38. The van der Waals surface area contributed by atoms with Crippen molar-refractivity contribution in [1.29, 1.82) is 0 Å². The predicted molar refractivity (Wildman–Crippen MR) is 41.3 cm³/mol. The number of allylic oxidation sites excluding steroid dienone is 2. The summed E-state index contributed by atoms with van der Waals surface area (Å²) in [7, 11) is 0. The van der Waals surface area contributed by atoms with Crippen molar-refractivity contribution >= 4 is 0 Å². The van der Waals surface area contributed by atoms with Crippen molar-refractivity contribution in [3.63, 3.8) is 0 Å². The highest BCUT2D eigenvalue weighted by atomic mass is 14.4. The molecule has 0 aromatic carbocycles. The predicted octanol–water partition coefficient (Wildman–Crippen LogP) is 2.92. The number of hydrogen-bond donors (Lipinski definition) is 0. The van der Waals surface area contributed by atoms with Crippen LogP contribution in [0.4, 0.5) is 0 Å². The largest absolute Gasteiger partial charge is 0.103 e. The van der Waals surface area contributed by atoms with Crippen molar-refractivity contribution in [2.45, 2.75) is 26.2 Å². The fourth-order valence-electron chi connectivity index (χ4n) is 0.962. The average molecular weight is 122 g/mol. The molecular formula is C9H14. The topological polar surface area (TPSA) is 0 Å². The maximum Gasteiger partial charge on any atom is -0.0115 e. The first-order valence-corrected chi connectivity index (χ1v) is 3.48. The molecule has 0 spiro atoms. The SMILES string of the molecule is C=CCC(=C)C1(C)CC1. The van der Waals surface area contributed by atoms with Gasteiger partial charge in [0.1, 0.15) is 0 Å². The van der Waals surface area contributed by atoms with Crippen molar-refractivity contribution in [2.24, 2.45) is 5.41 Å². The summed E-state index contributed by atoms with van der Waals surface area (Å²) in [5.41, 5.74) is 1.85. The Bertz CT molecular complexity index is 138. The Labute approximate surface area is 57.3 Å². The zero-order valence-corrected chi connectivity index (χ0v) is 6.11. The normalized spacial score (nSPS) is 21.0. The first kappa shape index (κ1) is 6.60. The van der Waals surface area contributed by atoms with Gasteiger partial charge < -0.3 is 0 Å². The summed E-state index contributed by atoms with van der Waals surface area (Å²) in [4.78, 5) is 0. The quantitative estimate of drug-likeness (QED) is 0.505. The van der Waals surface area contributed by atoms with Gasteiger partial charge in [-0.25, -0.2) is 0 Å². The van der Waals surface area contributed by atoms with E-state index in [-0.39, 0.29) is 0 Å². The van der Waals surface area contributed by atoms with Gasteiger partial charge in [0.2, 0.25) is 0 Å². The lowest BCUT2D eigenvalue weighted by Gasteiger charge is -2.08. The van der Waals surface area contributed by atoms with Crippen LogP contribution in [0.15, 0.2) is 24.8 Å². The zero-order chi connectivity index (χ0) is 6.91. The lowest BCUT2D eigenvalue weighted by atomic mass is 9.97. The van der Waals surface area contributed by atoms with Crippen molar-refractivity contribution in [2.75, 3.05) is 0 Å². The molecule has 0 heterocycles. The van der Waals surface area contributed by atoms with Crippen molar-refractivity contribution in [3.05, 3.63) is 24.8 Å². The molecule has 1 rings (SSSR count). The van der Waals surface area contributed by atoms with Crippen molar-refractivity contribution in [3.8, 4) is 0 Å². The van der Waals surface area contributed by atoms with E-state index < -0.39 is 0 Å². The Morgan fingerprint density at radius 3 is 2.56 bits per heavy atom. The molecule has 0 aromatic heterocycles. The minimum Gasteiger partial charge on any atom is -0.103 e. The molecule has 0 atom stereocenters. The van der Waals surface area contributed by atoms with Gasteiger partial charge in [-0.3, -0.25) is 0 Å². The standard InChI is InChI=1S/C9H14/c1-4-5-8(2)9(3)6-7-9/h4H,1-2,5-7H2,3H3. The molecule has 0 amide bonds. The Balaban J connectivity index is 2.42. The first-order chi connectivity index (χ1) is 4.19. The van der Waals surface area contributed by atoms with E-state index in [0.717, 1.165) is 6.42 Å². The second-order valence-electron chi connectivity index (χ2n) is 3.16. The molecular weight excluding hydrogens is 108 g/mol. The Morgan fingerprint density at radius 2 is 2.22 bits per heavy atom. The van der Waals surface area contributed by atoms with E-state index in [1.165, 1.54) is 18.4 Å². The van der Waals surface area contributed by atoms with Crippen LogP contribution in [0.3, 0.4) is 0 Å². The van der Waals surface area contributed by atoms with Gasteiger partial charge in [0.25, 0.3) is 0 Å². The molecule has 1 fully saturated rings. The van der Waals surface area contributed by atoms with Crippen LogP contribution < -0.4 is 0 Å². The molecule has 0 saturated heterocycles. The fourth-order valence-corrected chi connectivity index (χ4v) is 0.962. The molecule has 0 bridgehead atoms. The molecule has 1 aliphatic rings. The third-order valence-electron chi connectivity index (χ3n) is 2.24. The summed E-state index contributed by atoms with van der Waals surface area (Å²) in [6.07, 6.45) is 5.60. The van der Waals surface area contributed by atoms with Crippen molar-refractivity contribution in [1.82, 2.24) is 0 Å². The summed E-state index contributed by atoms with van der Waals surface area (Å²) < 4.78 is 0. The molecule has 0 heteroatoms. The van der Waals surface area contributed by atoms with E-state index in [9.17, 15) is 0 Å². The third-order valence-corrected chi connectivity index (χ3v) is 2.24. The van der Waals surface area contributed by atoms with Crippen LogP contribution in [0.2, 0.25) is 0 Å². The summed E-state index contributed by atoms with van der Waals surface area (Å²) in [5, 5.41) is 0. The van der Waals surface area contributed by atoms with Gasteiger partial charge in [-0.1, -0.05) is 25.2 Å². The molecule has 0 nitrogen and oxygen atoms in total. The fraction of sp³-hybridized carbons (Fsp3) is 0.556. The average Bonchev–Trinajstić information content (AvgIpc) is 2.50. The van der Waals surface area contributed by atoms with Crippen LogP contribution in [0.25, 0.3) is 0 Å². The van der Waals surface area contributed by atoms with E-state index >= 15 is 0 Å². The minimum absolute atomic E-state index is 0.494. The van der Waals surface area contributed by atoms with Gasteiger partial charge in [-0.2, -0.15) is 0 Å². The molecule has 0 aliphatic heterocycles. The first-order valence-electron chi connectivity index (χ1n) is 3.48. The molecule has 1 aliphatic carbocycles. The summed E-state index contributed by atoms with van der Waals surface area (Å²) >= 11 is 0. The van der Waals surface area contributed by atoms with Crippen LogP contribution in [0.5, 0.6) is 0 Å². The van der Waals surface area contributed by atoms with Gasteiger partial charge in [-0.15, -0.1) is 6.58 Å². The van der Waals surface area contributed by atoms with Crippen molar-refractivity contribution < 1.29 is 0 Å². The van der Waals surface area contributed by atoms with Gasteiger partial charge in [-0.05, 0) is 24.7 Å². The number of rotatable bonds is 3. The van der Waals surface area contributed by atoms with Crippen LogP contribution in [-0.2, 0) is 0 Å². The van der Waals surface area contributed by atoms with E-state index in [1.54, 1.807) is 0 Å². The summed E-state index contributed by atoms with van der Waals surface area (Å²) in [6.45, 7) is 9.96. The van der Waals surface area contributed by atoms with Crippen LogP contribution in [0, 0.1) is 5.41 Å². The van der Waals surface area contributed by atoms with Gasteiger partial charge in [0, 0.05) is 0 Å². The monoisotopic (exact) mass is 122 g/mol. The molecule has 0 unspecified atom stereocenters. The Kier molecular flexibility index (Phi) is 1.48. The minimum atomic E-state index is 0.494. The van der Waals surface area contributed by atoms with Crippen LogP contribution in [0.1, 0.15) is 26.2 Å². The lowest BCUT2D eigenvalue weighted by Crippen LogP contribution is -1.94. The Morgan fingerprint density at radius 1 is 1.67 bits per heavy atom. The molecule has 0 aromatic rings. The molecule has 9 heavy (non-hydrogen) atoms. The van der Waals surface area contributed by atoms with Gasteiger partial charge in [0.15, 0.2) is 0 Å². The van der Waals surface area contributed by atoms with E-state index in [2.05, 4.69) is 20.1 Å². The highest BCUT2D eigenvalue weighted by molar-refractivity contribution is 5.18. The van der Waals surface area contributed by atoms with E-state index in [0.29, 0.717) is 5.41 Å². The maximum atomic E-state index is 4.01. The highest BCUT2D eigenvalue weighted by Crippen LogP contribution is 2.51. The van der Waals surface area contributed by atoms with E-state index in [4.69, 9.17) is 0 Å². The smallest absolute Gasteiger partial charge is 0.0115 e. The maximum absolute atomic E-state index is 4.01. The van der Waals surface area contributed by atoms with Crippen LogP contribution >= 0.6 is 0 Å². The number of hydrogen-bond acceptors (Lipinski definition) is 0. The molecule has 50 valence electrons. The third kappa shape index (κ3) is 1.24. The molecule has 0 radical (unpaired) electrons. The second-order valence-corrected chi connectivity index (χ2v) is 3.16. The lowest BCUT2D eigenvalue weighted by molar-refractivity contribution is 0.674. The van der Waals surface area contributed by atoms with Crippen LogP contribution in [-0.4, -0.2) is 0 Å². The Hall–Kier alpha value is -0.520.